The van der Waals surface area contributed by atoms with E-state index in [-0.39, 0.29) is 4.31 Å². The molecule has 0 aliphatic rings. The highest BCUT2D eigenvalue weighted by molar-refractivity contribution is 7.90. The van der Waals surface area contributed by atoms with Gasteiger partial charge >= 0.3 is 15.5 Å². The zero-order valence-electron chi connectivity index (χ0n) is 8.48. The van der Waals surface area contributed by atoms with E-state index in [2.05, 4.69) is 0 Å². The molecule has 0 spiro atoms. The van der Waals surface area contributed by atoms with Crippen LogP contribution in [0.5, 0.6) is 0 Å². The van der Waals surface area contributed by atoms with E-state index in [1.165, 1.54) is 18.2 Å². The van der Waals surface area contributed by atoms with Crippen molar-refractivity contribution in [1.29, 1.82) is 0 Å². The molecule has 0 amide bonds. The van der Waals surface area contributed by atoms with Crippen LogP contribution >= 0.6 is 0 Å². The normalized spacial score (nSPS) is 11.9. The standard InChI is InChI=1S/C10H8F3NO2S/c1-2-14(17(15,16)10(11,12)13)8-9-6-4-3-5-7-9/h1,3-7H,8H2. The molecule has 0 atom stereocenters. The molecule has 7 heteroatoms. The fourth-order valence-corrected chi connectivity index (χ4v) is 1.78. The number of sulfonamides is 1. The molecule has 0 fully saturated rings. The van der Waals surface area contributed by atoms with Crippen molar-refractivity contribution in [3.05, 3.63) is 35.9 Å². The second-order valence-electron chi connectivity index (χ2n) is 3.07. The molecular weight excluding hydrogens is 255 g/mol. The Kier molecular flexibility index (Phi) is 3.68. The summed E-state index contributed by atoms with van der Waals surface area (Å²) in [6.07, 6.45) is 4.80. The second-order valence-corrected chi connectivity index (χ2v) is 4.93. The molecule has 0 N–H and O–H groups in total. The fourth-order valence-electron chi connectivity index (χ4n) is 1.07. The Bertz CT molecular complexity index is 517. The molecule has 3 nitrogen and oxygen atoms in total. The van der Waals surface area contributed by atoms with E-state index in [4.69, 9.17) is 6.42 Å². The maximum Gasteiger partial charge on any atom is 0.517 e. The quantitative estimate of drug-likeness (QED) is 0.617. The Hall–Kier alpha value is -1.68. The van der Waals surface area contributed by atoms with E-state index in [0.717, 1.165) is 0 Å². The molecular formula is C10H8F3NO2S. The van der Waals surface area contributed by atoms with Gasteiger partial charge in [0.2, 0.25) is 0 Å². The zero-order valence-corrected chi connectivity index (χ0v) is 9.29. The van der Waals surface area contributed by atoms with E-state index in [1.807, 2.05) is 0 Å². The summed E-state index contributed by atoms with van der Waals surface area (Å²) >= 11 is 0. The van der Waals surface area contributed by atoms with Gasteiger partial charge in [0, 0.05) is 6.04 Å². The molecule has 17 heavy (non-hydrogen) atoms. The molecule has 1 aromatic rings. The van der Waals surface area contributed by atoms with Crippen molar-refractivity contribution >= 4 is 10.0 Å². The van der Waals surface area contributed by atoms with Crippen LogP contribution in [-0.4, -0.2) is 18.2 Å². The molecule has 92 valence electrons. The van der Waals surface area contributed by atoms with Crippen LogP contribution < -0.4 is 0 Å². The topological polar surface area (TPSA) is 37.4 Å². The maximum atomic E-state index is 12.2. The summed E-state index contributed by atoms with van der Waals surface area (Å²) in [5.41, 5.74) is -5.02. The van der Waals surface area contributed by atoms with E-state index < -0.39 is 22.1 Å². The van der Waals surface area contributed by atoms with Crippen molar-refractivity contribution in [2.75, 3.05) is 0 Å². The van der Waals surface area contributed by atoms with E-state index in [9.17, 15) is 21.6 Å². The van der Waals surface area contributed by atoms with Crippen LogP contribution in [0.1, 0.15) is 5.56 Å². The van der Waals surface area contributed by atoms with Gasteiger partial charge < -0.3 is 0 Å². The van der Waals surface area contributed by atoms with Gasteiger partial charge in [-0.15, -0.1) is 0 Å². The van der Waals surface area contributed by atoms with Crippen LogP contribution in [0, 0.1) is 12.5 Å². The molecule has 0 saturated heterocycles. The molecule has 0 aromatic heterocycles. The number of rotatable bonds is 3. The predicted octanol–water partition coefficient (Wildman–Crippen LogP) is 1.93. The van der Waals surface area contributed by atoms with E-state index in [1.54, 1.807) is 18.2 Å². The summed E-state index contributed by atoms with van der Waals surface area (Å²) in [6.45, 7) is -0.515. The number of hydrogen-bond donors (Lipinski definition) is 0. The van der Waals surface area contributed by atoms with Gasteiger partial charge in [-0.05, 0) is 5.56 Å². The molecule has 1 aromatic carbocycles. The van der Waals surface area contributed by atoms with Gasteiger partial charge in [0.15, 0.2) is 0 Å². The highest BCUT2D eigenvalue weighted by Gasteiger charge is 2.49. The Morgan fingerprint density at radius 3 is 2.18 bits per heavy atom. The van der Waals surface area contributed by atoms with Crippen LogP contribution in [0.25, 0.3) is 0 Å². The first-order valence-corrected chi connectivity index (χ1v) is 5.82. The summed E-state index contributed by atoms with van der Waals surface area (Å²) < 4.78 is 58.8. The lowest BCUT2D eigenvalue weighted by atomic mass is 10.2. The number of benzene rings is 1. The van der Waals surface area contributed by atoms with Gasteiger partial charge in [-0.2, -0.15) is 21.6 Å². The van der Waals surface area contributed by atoms with Gasteiger partial charge in [0.1, 0.15) is 0 Å². The molecule has 0 saturated carbocycles. The number of halogens is 3. The first-order valence-electron chi connectivity index (χ1n) is 4.38. The lowest BCUT2D eigenvalue weighted by Gasteiger charge is -2.19. The molecule has 0 heterocycles. The highest BCUT2D eigenvalue weighted by Crippen LogP contribution is 2.27. The third-order valence-electron chi connectivity index (χ3n) is 1.90. The van der Waals surface area contributed by atoms with Crippen molar-refractivity contribution < 1.29 is 21.6 Å². The van der Waals surface area contributed by atoms with Crippen molar-refractivity contribution in [2.24, 2.45) is 0 Å². The Labute approximate surface area is 96.9 Å². The minimum atomic E-state index is -5.49. The van der Waals surface area contributed by atoms with Gasteiger partial charge in [0.25, 0.3) is 0 Å². The monoisotopic (exact) mass is 263 g/mol. The van der Waals surface area contributed by atoms with Crippen LogP contribution in [-0.2, 0) is 16.6 Å². The molecule has 1 rings (SSSR count). The second kappa shape index (κ2) is 4.67. The zero-order chi connectivity index (χ0) is 13.1. The van der Waals surface area contributed by atoms with Crippen molar-refractivity contribution in [3.63, 3.8) is 0 Å². The van der Waals surface area contributed by atoms with E-state index in [0.29, 0.717) is 5.56 Å². The summed E-state index contributed by atoms with van der Waals surface area (Å²) in [5.74, 6) is 0. The van der Waals surface area contributed by atoms with Crippen LogP contribution in [0.15, 0.2) is 30.3 Å². The van der Waals surface area contributed by atoms with Crippen molar-refractivity contribution in [3.8, 4) is 12.5 Å². The minimum absolute atomic E-state index is 0.0671. The van der Waals surface area contributed by atoms with E-state index >= 15 is 0 Å². The number of alkyl halides is 3. The first-order chi connectivity index (χ1) is 7.79. The SMILES string of the molecule is C#CN(Cc1ccccc1)S(=O)(=O)C(F)(F)F. The lowest BCUT2D eigenvalue weighted by molar-refractivity contribution is -0.0476. The average molecular weight is 263 g/mol. The average Bonchev–Trinajstić information content (AvgIpc) is 2.25. The summed E-state index contributed by atoms with van der Waals surface area (Å²) in [5, 5.41) is 0. The van der Waals surface area contributed by atoms with Crippen molar-refractivity contribution in [2.45, 2.75) is 12.1 Å². The third kappa shape index (κ3) is 2.91. The lowest BCUT2D eigenvalue weighted by Crippen LogP contribution is -2.37. The first kappa shape index (κ1) is 13.4. The fraction of sp³-hybridized carbons (Fsp3) is 0.200. The van der Waals surface area contributed by atoms with Gasteiger partial charge in [-0.1, -0.05) is 36.8 Å². The molecule has 0 radical (unpaired) electrons. The van der Waals surface area contributed by atoms with Gasteiger partial charge in [-0.3, -0.25) is 0 Å². The molecule has 0 unspecified atom stereocenters. The number of terminal acetylenes is 1. The van der Waals surface area contributed by atoms with Crippen LogP contribution in [0.4, 0.5) is 13.2 Å². The largest absolute Gasteiger partial charge is 0.517 e. The molecule has 0 aliphatic carbocycles. The number of hydrogen-bond acceptors (Lipinski definition) is 2. The Morgan fingerprint density at radius 2 is 1.76 bits per heavy atom. The summed E-state index contributed by atoms with van der Waals surface area (Å²) in [7, 11) is -5.49. The summed E-state index contributed by atoms with van der Waals surface area (Å²) in [4.78, 5) is 0. The number of nitrogens with zero attached hydrogens (tertiary/aromatic N) is 1. The highest BCUT2D eigenvalue weighted by atomic mass is 32.2. The summed E-state index contributed by atoms with van der Waals surface area (Å²) in [6, 6.07) is 9.29. The predicted molar refractivity (Wildman–Crippen MR) is 55.8 cm³/mol. The smallest absolute Gasteiger partial charge is 0.217 e. The molecule has 0 bridgehead atoms. The van der Waals surface area contributed by atoms with Crippen LogP contribution in [0.3, 0.4) is 0 Å². The Morgan fingerprint density at radius 1 is 1.24 bits per heavy atom. The van der Waals surface area contributed by atoms with Crippen LogP contribution in [0.2, 0.25) is 0 Å². The van der Waals surface area contributed by atoms with Crippen molar-refractivity contribution in [1.82, 2.24) is 4.31 Å². The van der Waals surface area contributed by atoms with Gasteiger partial charge in [0.05, 0.1) is 6.54 Å². The maximum absolute atomic E-state index is 12.2. The minimum Gasteiger partial charge on any atom is -0.217 e. The third-order valence-corrected chi connectivity index (χ3v) is 3.30. The van der Waals surface area contributed by atoms with Gasteiger partial charge in [-0.25, -0.2) is 4.31 Å². The Balaban J connectivity index is 3.00. The molecule has 0 aliphatic heterocycles.